The number of carbonyl (C=O) groups excluding carboxylic acids is 3. The van der Waals surface area contributed by atoms with Crippen molar-refractivity contribution in [3.05, 3.63) is 77.4 Å². The van der Waals surface area contributed by atoms with E-state index in [1.54, 1.807) is 30.3 Å². The second kappa shape index (κ2) is 14.6. The first-order chi connectivity index (χ1) is 20.7. The number of carbonyl (C=O) groups is 4. The number of hydrogen-bond acceptors (Lipinski definition) is 7. The predicted octanol–water partition coefficient (Wildman–Crippen LogP) is 3.58. The number of anilines is 2. The van der Waals surface area contributed by atoms with Crippen molar-refractivity contribution in [3.63, 3.8) is 0 Å². The van der Waals surface area contributed by atoms with Crippen LogP contribution in [0.25, 0.3) is 0 Å². The number of rotatable bonds is 13. The zero-order valence-corrected chi connectivity index (χ0v) is 24.0. The Bertz CT molecular complexity index is 1490. The Morgan fingerprint density at radius 3 is 2.49 bits per heavy atom. The summed E-state index contributed by atoms with van der Waals surface area (Å²) in [5.74, 6) is -0.181. The molecule has 0 saturated heterocycles. The lowest BCUT2D eigenvalue weighted by atomic mass is 10.1. The van der Waals surface area contributed by atoms with Crippen LogP contribution < -0.4 is 30.2 Å². The molecule has 0 atom stereocenters. The number of methoxy groups -OCH3 is 1. The zero-order chi connectivity index (χ0) is 30.8. The standard InChI is InChI=1S/C31H34N4O8/c1-20-4-3-5-23(14-20)33-31(40)34-24-8-6-22(16-26(24)41-2)17-28(36)32-18-29(37)35(13-11-30(38)39)12-10-21-7-9-25-27(15-21)43-19-42-25/h3-9,14-16H,10-13,17-19H2,1-2H3,(H,32,36)(H,38,39)(H2,33,34,40). The van der Waals surface area contributed by atoms with Crippen molar-refractivity contribution in [1.82, 2.24) is 10.2 Å². The number of aryl methyl sites for hydroxylation is 1. The van der Waals surface area contributed by atoms with Crippen LogP contribution in [0.5, 0.6) is 17.2 Å². The summed E-state index contributed by atoms with van der Waals surface area (Å²) in [5.41, 5.74) is 3.59. The lowest BCUT2D eigenvalue weighted by molar-refractivity contribution is -0.139. The van der Waals surface area contributed by atoms with Crippen molar-refractivity contribution in [2.75, 3.05) is 44.2 Å². The molecular formula is C31H34N4O8. The molecule has 0 spiro atoms. The molecule has 1 aliphatic rings. The monoisotopic (exact) mass is 590 g/mol. The van der Waals surface area contributed by atoms with Gasteiger partial charge in [-0.1, -0.05) is 24.3 Å². The van der Waals surface area contributed by atoms with Crippen LogP contribution in [0, 0.1) is 6.92 Å². The number of urea groups is 1. The summed E-state index contributed by atoms with van der Waals surface area (Å²) in [6.45, 7) is 2.08. The summed E-state index contributed by atoms with van der Waals surface area (Å²) in [4.78, 5) is 50.6. The van der Waals surface area contributed by atoms with Crippen molar-refractivity contribution in [2.24, 2.45) is 0 Å². The van der Waals surface area contributed by atoms with Crippen LogP contribution in [0.3, 0.4) is 0 Å². The normalized spacial score (nSPS) is 11.4. The van der Waals surface area contributed by atoms with Crippen LogP contribution in [-0.4, -0.2) is 67.4 Å². The Morgan fingerprint density at radius 1 is 0.930 bits per heavy atom. The molecule has 12 heteroatoms. The predicted molar refractivity (Wildman–Crippen MR) is 159 cm³/mol. The van der Waals surface area contributed by atoms with Crippen LogP contribution in [-0.2, 0) is 27.2 Å². The molecule has 3 aromatic carbocycles. The fourth-order valence-corrected chi connectivity index (χ4v) is 4.44. The van der Waals surface area contributed by atoms with Crippen LogP contribution >= 0.6 is 0 Å². The molecular weight excluding hydrogens is 556 g/mol. The van der Waals surface area contributed by atoms with Gasteiger partial charge in [0.25, 0.3) is 0 Å². The maximum Gasteiger partial charge on any atom is 0.323 e. The molecule has 226 valence electrons. The van der Waals surface area contributed by atoms with Gasteiger partial charge in [0.2, 0.25) is 18.6 Å². The summed E-state index contributed by atoms with van der Waals surface area (Å²) in [6, 6.07) is 17.4. The first kappa shape index (κ1) is 30.7. The van der Waals surface area contributed by atoms with Gasteiger partial charge in [-0.25, -0.2) is 4.79 Å². The molecule has 0 radical (unpaired) electrons. The third kappa shape index (κ3) is 9.12. The van der Waals surface area contributed by atoms with Gasteiger partial charge < -0.3 is 40.2 Å². The lowest BCUT2D eigenvalue weighted by Crippen LogP contribution is -2.42. The van der Waals surface area contributed by atoms with E-state index in [0.29, 0.717) is 40.6 Å². The summed E-state index contributed by atoms with van der Waals surface area (Å²) in [6.07, 6.45) is 0.217. The van der Waals surface area contributed by atoms with Crippen LogP contribution in [0.15, 0.2) is 60.7 Å². The van der Waals surface area contributed by atoms with Crippen molar-refractivity contribution in [2.45, 2.75) is 26.2 Å². The number of fused-ring (bicyclic) bond motifs is 1. The number of carboxylic acid groups (broad SMARTS) is 1. The number of aliphatic carboxylic acids is 1. The van der Waals surface area contributed by atoms with E-state index in [-0.39, 0.29) is 39.3 Å². The van der Waals surface area contributed by atoms with E-state index >= 15 is 0 Å². The first-order valence-electron chi connectivity index (χ1n) is 13.7. The van der Waals surface area contributed by atoms with Gasteiger partial charge >= 0.3 is 12.0 Å². The van der Waals surface area contributed by atoms with Gasteiger partial charge in [-0.3, -0.25) is 14.4 Å². The molecule has 0 saturated carbocycles. The largest absolute Gasteiger partial charge is 0.495 e. The van der Waals surface area contributed by atoms with E-state index in [2.05, 4.69) is 16.0 Å². The number of nitrogens with one attached hydrogen (secondary N) is 3. The molecule has 0 bridgehead atoms. The molecule has 0 unspecified atom stereocenters. The minimum absolute atomic E-state index is 0.0116. The van der Waals surface area contributed by atoms with Gasteiger partial charge in [-0.05, 0) is 66.4 Å². The number of benzene rings is 3. The Balaban J connectivity index is 1.29. The SMILES string of the molecule is COc1cc(CC(=O)NCC(=O)N(CCC(=O)O)CCc2ccc3c(c2)OCO3)ccc1NC(=O)Nc1cccc(C)c1. The smallest absolute Gasteiger partial charge is 0.323 e. The van der Waals surface area contributed by atoms with Crippen molar-refractivity contribution < 1.29 is 38.5 Å². The van der Waals surface area contributed by atoms with Gasteiger partial charge in [0, 0.05) is 18.8 Å². The molecule has 12 nitrogen and oxygen atoms in total. The second-order valence-corrected chi connectivity index (χ2v) is 9.90. The number of hydrogen-bond donors (Lipinski definition) is 4. The third-order valence-electron chi connectivity index (χ3n) is 6.65. The number of ether oxygens (including phenoxy) is 3. The number of nitrogens with zero attached hydrogens (tertiary/aromatic N) is 1. The van der Waals surface area contributed by atoms with E-state index in [4.69, 9.17) is 19.3 Å². The average Bonchev–Trinajstić information content (AvgIpc) is 3.44. The molecule has 0 aromatic heterocycles. The summed E-state index contributed by atoms with van der Waals surface area (Å²) in [7, 11) is 1.46. The third-order valence-corrected chi connectivity index (χ3v) is 6.65. The summed E-state index contributed by atoms with van der Waals surface area (Å²) in [5, 5.41) is 17.2. The highest BCUT2D eigenvalue weighted by molar-refractivity contribution is 6.00. The van der Waals surface area contributed by atoms with Crippen LogP contribution in [0.1, 0.15) is 23.1 Å². The minimum atomic E-state index is -1.02. The second-order valence-electron chi connectivity index (χ2n) is 9.90. The van der Waals surface area contributed by atoms with Gasteiger partial charge in [-0.15, -0.1) is 0 Å². The van der Waals surface area contributed by atoms with Gasteiger partial charge in [-0.2, -0.15) is 0 Å². The highest BCUT2D eigenvalue weighted by Crippen LogP contribution is 2.32. The highest BCUT2D eigenvalue weighted by Gasteiger charge is 2.18. The Labute approximate surface area is 248 Å². The Hall–Kier alpha value is -5.26. The maximum absolute atomic E-state index is 12.9. The van der Waals surface area contributed by atoms with Crippen LogP contribution in [0.4, 0.5) is 16.2 Å². The molecule has 4 amide bonds. The van der Waals surface area contributed by atoms with E-state index < -0.39 is 23.8 Å². The van der Waals surface area contributed by atoms with Crippen molar-refractivity contribution in [1.29, 1.82) is 0 Å². The molecule has 4 rings (SSSR count). The zero-order valence-electron chi connectivity index (χ0n) is 24.0. The van der Waals surface area contributed by atoms with Crippen LogP contribution in [0.2, 0.25) is 0 Å². The molecule has 0 fully saturated rings. The Kier molecular flexibility index (Phi) is 10.4. The Morgan fingerprint density at radius 2 is 1.72 bits per heavy atom. The maximum atomic E-state index is 12.9. The topological polar surface area (TPSA) is 156 Å². The average molecular weight is 591 g/mol. The van der Waals surface area contributed by atoms with E-state index in [0.717, 1.165) is 11.1 Å². The fourth-order valence-electron chi connectivity index (χ4n) is 4.44. The number of amides is 4. The fraction of sp³-hybridized carbons (Fsp3) is 0.290. The van der Waals surface area contributed by atoms with Crippen molar-refractivity contribution in [3.8, 4) is 17.2 Å². The lowest BCUT2D eigenvalue weighted by Gasteiger charge is -2.22. The van der Waals surface area contributed by atoms with E-state index in [9.17, 15) is 19.2 Å². The molecule has 4 N–H and O–H groups in total. The minimum Gasteiger partial charge on any atom is -0.495 e. The quantitative estimate of drug-likeness (QED) is 0.235. The van der Waals surface area contributed by atoms with Gasteiger partial charge in [0.05, 0.1) is 32.2 Å². The number of carboxylic acids is 1. The van der Waals surface area contributed by atoms with Crippen molar-refractivity contribution >= 4 is 35.2 Å². The molecule has 43 heavy (non-hydrogen) atoms. The molecule has 3 aromatic rings. The summed E-state index contributed by atoms with van der Waals surface area (Å²) < 4.78 is 16.1. The molecule has 1 heterocycles. The molecule has 1 aliphatic heterocycles. The summed E-state index contributed by atoms with van der Waals surface area (Å²) >= 11 is 0. The van der Waals surface area contributed by atoms with Gasteiger partial charge in [0.15, 0.2) is 11.5 Å². The highest BCUT2D eigenvalue weighted by atomic mass is 16.7. The molecule has 0 aliphatic carbocycles. The van der Waals surface area contributed by atoms with E-state index in [1.807, 2.05) is 37.3 Å². The van der Waals surface area contributed by atoms with E-state index in [1.165, 1.54) is 12.0 Å². The first-order valence-corrected chi connectivity index (χ1v) is 13.7. The van der Waals surface area contributed by atoms with Gasteiger partial charge in [0.1, 0.15) is 5.75 Å².